The Balaban J connectivity index is 1.97. The van der Waals surface area contributed by atoms with E-state index < -0.39 is 0 Å². The Morgan fingerprint density at radius 3 is 2.59 bits per heavy atom. The summed E-state index contributed by atoms with van der Waals surface area (Å²) in [6.07, 6.45) is 1.75. The zero-order valence-electron chi connectivity index (χ0n) is 11.9. The molecule has 2 aromatic carbocycles. The van der Waals surface area contributed by atoms with Gasteiger partial charge in [0.25, 0.3) is 5.24 Å². The summed E-state index contributed by atoms with van der Waals surface area (Å²) >= 11 is 1.07. The molecule has 5 heteroatoms. The highest BCUT2D eigenvalue weighted by molar-refractivity contribution is 8.18. The lowest BCUT2D eigenvalue weighted by Gasteiger charge is -2.02. The van der Waals surface area contributed by atoms with Gasteiger partial charge in [-0.15, -0.1) is 0 Å². The third-order valence-corrected chi connectivity index (χ3v) is 3.97. The average Bonchev–Trinajstić information content (AvgIpc) is 2.83. The lowest BCUT2D eigenvalue weighted by Crippen LogP contribution is -2.18. The number of hydrogen-bond acceptors (Lipinski definition) is 4. The van der Waals surface area contributed by atoms with Crippen LogP contribution in [0.25, 0.3) is 6.08 Å². The molecule has 22 heavy (non-hydrogen) atoms. The number of phenols is 1. The summed E-state index contributed by atoms with van der Waals surface area (Å²) in [4.78, 5) is 16.8. The van der Waals surface area contributed by atoms with Gasteiger partial charge in [0.2, 0.25) is 0 Å². The van der Waals surface area contributed by atoms with Gasteiger partial charge in [0.15, 0.2) is 0 Å². The van der Waals surface area contributed by atoms with Gasteiger partial charge in [-0.1, -0.05) is 35.9 Å². The average molecular weight is 310 g/mol. The highest BCUT2D eigenvalue weighted by Gasteiger charge is 2.23. The highest BCUT2D eigenvalue weighted by Crippen LogP contribution is 2.30. The summed E-state index contributed by atoms with van der Waals surface area (Å²) in [6, 6.07) is 14.7. The minimum absolute atomic E-state index is 0.171. The van der Waals surface area contributed by atoms with Crippen LogP contribution in [0, 0.1) is 6.92 Å². The van der Waals surface area contributed by atoms with Crippen LogP contribution in [0.15, 0.2) is 58.4 Å². The van der Waals surface area contributed by atoms with Gasteiger partial charge in [-0.25, -0.2) is 4.99 Å². The maximum Gasteiger partial charge on any atom is 0.289 e. The van der Waals surface area contributed by atoms with Crippen molar-refractivity contribution in [2.45, 2.75) is 6.92 Å². The van der Waals surface area contributed by atoms with E-state index in [1.165, 1.54) is 0 Å². The Morgan fingerprint density at radius 2 is 1.86 bits per heavy atom. The zero-order chi connectivity index (χ0) is 15.5. The predicted octanol–water partition coefficient (Wildman–Crippen LogP) is 4.23. The third kappa shape index (κ3) is 3.20. The smallest absolute Gasteiger partial charge is 0.289 e. The summed E-state index contributed by atoms with van der Waals surface area (Å²) < 4.78 is 0. The SMILES string of the molecule is Cc1ccc(N=C2NC(=O)S/C2=C\c2ccccc2O)cc1. The summed E-state index contributed by atoms with van der Waals surface area (Å²) in [7, 11) is 0. The number of carbonyl (C=O) groups excluding carboxylic acids is 1. The van der Waals surface area contributed by atoms with Crippen LogP contribution >= 0.6 is 11.8 Å². The molecule has 2 aromatic rings. The van der Waals surface area contributed by atoms with Gasteiger partial charge in [-0.2, -0.15) is 0 Å². The molecule has 0 unspecified atom stereocenters. The number of thioether (sulfide) groups is 1. The first kappa shape index (κ1) is 14.4. The third-order valence-electron chi connectivity index (χ3n) is 3.15. The number of carbonyl (C=O) groups is 1. The number of aliphatic imine (C=N–C) groups is 1. The second-order valence-electron chi connectivity index (χ2n) is 4.88. The number of amidine groups is 1. The number of phenolic OH excluding ortho intramolecular Hbond substituents is 1. The normalized spacial score (nSPS) is 18.0. The first-order valence-electron chi connectivity index (χ1n) is 6.76. The molecule has 0 radical (unpaired) electrons. The molecule has 3 rings (SSSR count). The Kier molecular flexibility index (Phi) is 3.98. The van der Waals surface area contributed by atoms with Gasteiger partial charge >= 0.3 is 0 Å². The lowest BCUT2D eigenvalue weighted by atomic mass is 10.2. The Bertz CT molecular complexity index is 780. The molecule has 1 saturated heterocycles. The number of rotatable bonds is 2. The number of aryl methyl sites for hydroxylation is 1. The Labute approximate surface area is 132 Å². The van der Waals surface area contributed by atoms with Crippen molar-refractivity contribution in [3.8, 4) is 5.75 Å². The first-order valence-corrected chi connectivity index (χ1v) is 7.58. The zero-order valence-corrected chi connectivity index (χ0v) is 12.7. The van der Waals surface area contributed by atoms with Crippen LogP contribution in [0.5, 0.6) is 5.75 Å². The molecule has 4 nitrogen and oxygen atoms in total. The lowest BCUT2D eigenvalue weighted by molar-refractivity contribution is 0.265. The molecule has 1 fully saturated rings. The van der Waals surface area contributed by atoms with E-state index in [0.29, 0.717) is 16.3 Å². The fourth-order valence-corrected chi connectivity index (χ4v) is 2.74. The van der Waals surface area contributed by atoms with E-state index in [-0.39, 0.29) is 11.0 Å². The second kappa shape index (κ2) is 6.07. The van der Waals surface area contributed by atoms with E-state index in [9.17, 15) is 9.90 Å². The quantitative estimate of drug-likeness (QED) is 0.872. The van der Waals surface area contributed by atoms with Crippen LogP contribution in [0.4, 0.5) is 10.5 Å². The summed E-state index contributed by atoms with van der Waals surface area (Å²) in [6.45, 7) is 2.01. The molecule has 0 aliphatic carbocycles. The van der Waals surface area contributed by atoms with Crippen molar-refractivity contribution in [3.05, 3.63) is 64.6 Å². The van der Waals surface area contributed by atoms with E-state index in [4.69, 9.17) is 0 Å². The van der Waals surface area contributed by atoms with Gasteiger partial charge in [0.1, 0.15) is 11.6 Å². The van der Waals surface area contributed by atoms with Crippen molar-refractivity contribution in [2.75, 3.05) is 0 Å². The number of nitrogens with one attached hydrogen (secondary N) is 1. The van der Waals surface area contributed by atoms with E-state index in [2.05, 4.69) is 10.3 Å². The minimum atomic E-state index is -0.174. The fraction of sp³-hybridized carbons (Fsp3) is 0.0588. The van der Waals surface area contributed by atoms with E-state index in [1.54, 1.807) is 24.3 Å². The molecule has 0 bridgehead atoms. The predicted molar refractivity (Wildman–Crippen MR) is 90.5 cm³/mol. The van der Waals surface area contributed by atoms with Crippen molar-refractivity contribution in [1.82, 2.24) is 5.32 Å². The van der Waals surface area contributed by atoms with Crippen molar-refractivity contribution < 1.29 is 9.90 Å². The van der Waals surface area contributed by atoms with Gasteiger partial charge in [0, 0.05) is 5.56 Å². The summed E-state index contributed by atoms with van der Waals surface area (Å²) in [5.74, 6) is 0.673. The molecule has 0 saturated carbocycles. The topological polar surface area (TPSA) is 61.7 Å². The van der Waals surface area contributed by atoms with Gasteiger partial charge in [-0.05, 0) is 43.0 Å². The van der Waals surface area contributed by atoms with E-state index >= 15 is 0 Å². The Morgan fingerprint density at radius 1 is 1.14 bits per heavy atom. The van der Waals surface area contributed by atoms with Crippen LogP contribution in [0.3, 0.4) is 0 Å². The standard InChI is InChI=1S/C17H14N2O2S/c1-11-6-8-13(9-7-11)18-16-15(22-17(21)19-16)10-12-4-2-3-5-14(12)20/h2-10,20H,1H3,(H,18,19,21)/b15-10-. The van der Waals surface area contributed by atoms with Crippen molar-refractivity contribution in [3.63, 3.8) is 0 Å². The van der Waals surface area contributed by atoms with E-state index in [0.717, 1.165) is 23.0 Å². The highest BCUT2D eigenvalue weighted by atomic mass is 32.2. The minimum Gasteiger partial charge on any atom is -0.507 e. The number of hydrogen-bond donors (Lipinski definition) is 2. The fourth-order valence-electron chi connectivity index (χ4n) is 2.01. The molecule has 1 amide bonds. The number of amides is 1. The summed E-state index contributed by atoms with van der Waals surface area (Å²) in [5, 5.41) is 12.4. The van der Waals surface area contributed by atoms with Crippen molar-refractivity contribution in [2.24, 2.45) is 4.99 Å². The molecule has 0 spiro atoms. The van der Waals surface area contributed by atoms with Crippen LogP contribution in [0.1, 0.15) is 11.1 Å². The molecule has 1 aliphatic heterocycles. The van der Waals surface area contributed by atoms with Crippen LogP contribution in [0.2, 0.25) is 0 Å². The van der Waals surface area contributed by atoms with Gasteiger partial charge in [0.05, 0.1) is 10.6 Å². The number of nitrogens with zero attached hydrogens (tertiary/aromatic N) is 1. The van der Waals surface area contributed by atoms with Crippen molar-refractivity contribution >= 4 is 34.6 Å². The monoisotopic (exact) mass is 310 g/mol. The van der Waals surface area contributed by atoms with Crippen LogP contribution < -0.4 is 5.32 Å². The number of para-hydroxylation sites is 1. The van der Waals surface area contributed by atoms with Gasteiger partial charge < -0.3 is 10.4 Å². The van der Waals surface area contributed by atoms with E-state index in [1.807, 2.05) is 37.3 Å². The molecular formula is C17H14N2O2S. The molecule has 0 atom stereocenters. The number of benzene rings is 2. The number of aromatic hydroxyl groups is 1. The molecule has 1 aliphatic rings. The summed E-state index contributed by atoms with van der Waals surface area (Å²) in [5.41, 5.74) is 2.57. The molecule has 2 N–H and O–H groups in total. The van der Waals surface area contributed by atoms with Crippen LogP contribution in [-0.2, 0) is 0 Å². The molecule has 110 valence electrons. The first-order chi connectivity index (χ1) is 10.6. The largest absolute Gasteiger partial charge is 0.507 e. The maximum atomic E-state index is 11.7. The van der Waals surface area contributed by atoms with Gasteiger partial charge in [-0.3, -0.25) is 4.79 Å². The molecule has 0 aromatic heterocycles. The maximum absolute atomic E-state index is 11.7. The molecular weight excluding hydrogens is 296 g/mol. The second-order valence-corrected chi connectivity index (χ2v) is 5.89. The molecule has 1 heterocycles. The van der Waals surface area contributed by atoms with Crippen LogP contribution in [-0.4, -0.2) is 16.2 Å². The van der Waals surface area contributed by atoms with Crippen molar-refractivity contribution in [1.29, 1.82) is 0 Å². The Hall–Kier alpha value is -2.53.